The molecule has 0 aromatic rings. The standard InChI is InChI=1S/C3H4As.Sb/c1-2-3-4;/h1-2H,3H2;. The molecule has 0 aromatic heterocycles. The molecule has 0 nitrogen and oxygen atoms in total. The Kier molecular flexibility index (Phi) is 1.98. The van der Waals surface area contributed by atoms with Crippen molar-refractivity contribution in [1.82, 2.24) is 0 Å². The van der Waals surface area contributed by atoms with Crippen molar-refractivity contribution < 1.29 is 0 Å². The molecule has 0 fully saturated rings. The van der Waals surface area contributed by atoms with E-state index in [1.54, 1.807) is 0 Å². The molecular weight excluding hydrogens is 233 g/mol. The zero-order valence-corrected chi connectivity index (χ0v) is 7.19. The van der Waals surface area contributed by atoms with Gasteiger partial charge in [-0.2, -0.15) is 0 Å². The van der Waals surface area contributed by atoms with Crippen LogP contribution >= 0.6 is 0 Å². The minimum atomic E-state index is 0.380. The average molecular weight is 237 g/mol. The van der Waals surface area contributed by atoms with Crippen molar-refractivity contribution >= 4 is 30.2 Å². The monoisotopic (exact) mass is 236 g/mol. The maximum atomic E-state index is 2.43. The molecule has 0 amide bonds. The second-order valence-electron chi connectivity index (χ2n) is 0.824. The van der Waals surface area contributed by atoms with E-state index in [4.69, 9.17) is 0 Å². The van der Waals surface area contributed by atoms with Crippen molar-refractivity contribution in [2.45, 2.75) is 5.21 Å². The Morgan fingerprint density at radius 3 is 3.00 bits per heavy atom. The summed E-state index contributed by atoms with van der Waals surface area (Å²) < 4.78 is 2.43. The van der Waals surface area contributed by atoms with Crippen LogP contribution in [0.5, 0.6) is 0 Å². The summed E-state index contributed by atoms with van der Waals surface area (Å²) in [6.45, 7) is 0. The van der Waals surface area contributed by atoms with Crippen LogP contribution in [0, 0.1) is 0 Å². The Morgan fingerprint density at radius 2 is 2.80 bits per heavy atom. The van der Waals surface area contributed by atoms with Crippen LogP contribution in [0.15, 0.2) is 10.1 Å². The first-order chi connectivity index (χ1) is 2.50. The van der Waals surface area contributed by atoms with Crippen molar-refractivity contribution in [1.29, 1.82) is 0 Å². The Labute approximate surface area is 45.4 Å². The summed E-state index contributed by atoms with van der Waals surface area (Å²) in [6.07, 6.45) is 2.34. The molecule has 0 N–H and O–H groups in total. The van der Waals surface area contributed by atoms with Crippen molar-refractivity contribution in [3.05, 3.63) is 10.1 Å². The topological polar surface area (TPSA) is 0 Å². The molecule has 5 heavy (non-hydrogen) atoms. The first-order valence-corrected chi connectivity index (χ1v) is 11.1. The zero-order chi connectivity index (χ0) is 3.54. The van der Waals surface area contributed by atoms with Gasteiger partial charge in [0.15, 0.2) is 0 Å². The maximum absolute atomic E-state index is 2.43. The van der Waals surface area contributed by atoms with Gasteiger partial charge in [-0.15, -0.1) is 0 Å². The molecule has 0 aliphatic carbocycles. The SMILES string of the molecule is C1=[CH][Sb]=[As]C1. The summed E-state index contributed by atoms with van der Waals surface area (Å²) >= 11 is 1.27. The fourth-order valence-electron chi connectivity index (χ4n) is 0.236. The molecule has 1 rings (SSSR count). The molecule has 0 spiro atoms. The third kappa shape index (κ3) is 1.33. The summed E-state index contributed by atoms with van der Waals surface area (Å²) in [5.74, 6) is 0. The van der Waals surface area contributed by atoms with Crippen LogP contribution in [-0.4, -0.2) is 30.2 Å². The van der Waals surface area contributed by atoms with E-state index in [0.717, 1.165) is 11.7 Å². The molecule has 0 unspecified atom stereocenters. The van der Waals surface area contributed by atoms with Crippen molar-refractivity contribution in [3.8, 4) is 0 Å². The fourth-order valence-corrected chi connectivity index (χ4v) is 8.22. The third-order valence-electron chi connectivity index (χ3n) is 0.441. The van der Waals surface area contributed by atoms with Gasteiger partial charge in [-0.25, -0.2) is 0 Å². The fraction of sp³-hybridized carbons (Fsp3) is 0.333. The molecular formula is C3H4AsSb. The molecule has 0 saturated carbocycles. The van der Waals surface area contributed by atoms with E-state index >= 15 is 0 Å². The summed E-state index contributed by atoms with van der Waals surface area (Å²) in [4.78, 5) is 0. The Bertz CT molecular complexity index is 65.0. The van der Waals surface area contributed by atoms with Gasteiger partial charge in [0.05, 0.1) is 0 Å². The van der Waals surface area contributed by atoms with E-state index in [9.17, 15) is 0 Å². The Morgan fingerprint density at radius 1 is 1.80 bits per heavy atom. The van der Waals surface area contributed by atoms with E-state index in [2.05, 4.69) is 10.1 Å². The van der Waals surface area contributed by atoms with Crippen LogP contribution in [0.3, 0.4) is 0 Å². The average Bonchev–Trinajstić information content (AvgIpc) is 1.76. The molecule has 1 aliphatic rings. The van der Waals surface area contributed by atoms with E-state index in [0.29, 0.717) is 18.5 Å². The van der Waals surface area contributed by atoms with Crippen molar-refractivity contribution in [2.75, 3.05) is 0 Å². The number of allylic oxidation sites excluding steroid dienone is 1. The molecule has 2 heteroatoms. The van der Waals surface area contributed by atoms with Crippen LogP contribution in [-0.2, 0) is 0 Å². The van der Waals surface area contributed by atoms with Gasteiger partial charge in [0, 0.05) is 0 Å². The van der Waals surface area contributed by atoms with Gasteiger partial charge in [0.1, 0.15) is 0 Å². The molecule has 1 heterocycles. The second-order valence-corrected chi connectivity index (χ2v) is 11.1. The summed E-state index contributed by atoms with van der Waals surface area (Å²) in [6, 6.07) is 0. The Hall–Kier alpha value is 1.12. The van der Waals surface area contributed by atoms with Gasteiger partial charge < -0.3 is 0 Å². The molecule has 26 valence electrons. The summed E-state index contributed by atoms with van der Waals surface area (Å²) in [5.41, 5.74) is 0. The van der Waals surface area contributed by atoms with Gasteiger partial charge in [-0.05, 0) is 0 Å². The van der Waals surface area contributed by atoms with E-state index in [-0.39, 0.29) is 0 Å². The van der Waals surface area contributed by atoms with Gasteiger partial charge in [0.2, 0.25) is 0 Å². The molecule has 0 bridgehead atoms. The normalized spacial score (nSPS) is 20.8. The molecule has 0 atom stereocenters. The predicted molar refractivity (Wildman–Crippen MR) is 25.5 cm³/mol. The number of hydrogen-bond acceptors (Lipinski definition) is 0. The third-order valence-corrected chi connectivity index (χ3v) is 9.27. The quantitative estimate of drug-likeness (QED) is 0.530. The number of hydrogen-bond donors (Lipinski definition) is 0. The van der Waals surface area contributed by atoms with Gasteiger partial charge in [0.25, 0.3) is 0 Å². The van der Waals surface area contributed by atoms with Crippen molar-refractivity contribution in [2.24, 2.45) is 0 Å². The number of rotatable bonds is 0. The van der Waals surface area contributed by atoms with Gasteiger partial charge in [-0.3, -0.25) is 0 Å². The van der Waals surface area contributed by atoms with Crippen LogP contribution in [0.1, 0.15) is 0 Å². The molecule has 0 aromatic carbocycles. The first-order valence-electron chi connectivity index (χ1n) is 1.52. The van der Waals surface area contributed by atoms with E-state index < -0.39 is 0 Å². The zero-order valence-electron chi connectivity index (χ0n) is 2.76. The van der Waals surface area contributed by atoms with Crippen LogP contribution < -0.4 is 0 Å². The van der Waals surface area contributed by atoms with Crippen molar-refractivity contribution in [3.63, 3.8) is 0 Å². The van der Waals surface area contributed by atoms with E-state index in [1.807, 2.05) is 0 Å². The minimum absolute atomic E-state index is 0.380. The molecule has 0 radical (unpaired) electrons. The second kappa shape index (κ2) is 2.32. The van der Waals surface area contributed by atoms with Crippen LogP contribution in [0.25, 0.3) is 0 Å². The molecule has 1 aliphatic heterocycles. The van der Waals surface area contributed by atoms with E-state index in [1.165, 1.54) is 5.21 Å². The predicted octanol–water partition coefficient (Wildman–Crippen LogP) is 0.255. The van der Waals surface area contributed by atoms with Crippen LogP contribution in [0.2, 0.25) is 5.21 Å². The first kappa shape index (κ1) is 4.28. The van der Waals surface area contributed by atoms with Gasteiger partial charge in [-0.1, -0.05) is 0 Å². The van der Waals surface area contributed by atoms with Gasteiger partial charge >= 0.3 is 45.6 Å². The molecule has 0 saturated heterocycles. The van der Waals surface area contributed by atoms with Crippen LogP contribution in [0.4, 0.5) is 0 Å². The summed E-state index contributed by atoms with van der Waals surface area (Å²) in [5, 5.41) is 1.48. The summed E-state index contributed by atoms with van der Waals surface area (Å²) in [7, 11) is 0. The Balaban J connectivity index is 2.61.